The Bertz CT molecular complexity index is 471. The second kappa shape index (κ2) is 4.40. The molecule has 0 saturated carbocycles. The highest BCUT2D eigenvalue weighted by Gasteiger charge is 2.12. The molecule has 0 aliphatic rings. The van der Waals surface area contributed by atoms with Gasteiger partial charge < -0.3 is 5.73 Å². The molecule has 0 spiro atoms. The van der Waals surface area contributed by atoms with E-state index >= 15 is 0 Å². The molecule has 0 atom stereocenters. The van der Waals surface area contributed by atoms with E-state index in [0.717, 1.165) is 11.3 Å². The Hall–Kier alpha value is -1.75. The third-order valence-corrected chi connectivity index (χ3v) is 2.40. The third kappa shape index (κ3) is 1.81. The van der Waals surface area contributed by atoms with Crippen LogP contribution < -0.4 is 5.73 Å². The Labute approximate surface area is 92.9 Å². The van der Waals surface area contributed by atoms with Crippen molar-refractivity contribution >= 4 is 0 Å². The standard InChI is InChI=1S/C11H13FN4/c1-2-16-11(10(7-13)14-15-16)8-4-3-5-9(12)6-8/h3-6H,2,7,13H2,1H3. The van der Waals surface area contributed by atoms with Crippen LogP contribution in [0.1, 0.15) is 12.6 Å². The van der Waals surface area contributed by atoms with Gasteiger partial charge in [-0.2, -0.15) is 0 Å². The van der Waals surface area contributed by atoms with E-state index < -0.39 is 0 Å². The average molecular weight is 220 g/mol. The van der Waals surface area contributed by atoms with Gasteiger partial charge in [-0.3, -0.25) is 0 Å². The number of nitrogens with two attached hydrogens (primary N) is 1. The lowest BCUT2D eigenvalue weighted by Crippen LogP contribution is -2.03. The maximum Gasteiger partial charge on any atom is 0.123 e. The molecule has 2 rings (SSSR count). The number of benzene rings is 1. The van der Waals surface area contributed by atoms with Crippen LogP contribution in [0.25, 0.3) is 11.3 Å². The fourth-order valence-corrected chi connectivity index (χ4v) is 1.66. The van der Waals surface area contributed by atoms with Gasteiger partial charge in [0.2, 0.25) is 0 Å². The van der Waals surface area contributed by atoms with Gasteiger partial charge in [-0.25, -0.2) is 9.07 Å². The van der Waals surface area contributed by atoms with E-state index in [-0.39, 0.29) is 5.82 Å². The van der Waals surface area contributed by atoms with Crippen LogP contribution in [0.5, 0.6) is 0 Å². The minimum Gasteiger partial charge on any atom is -0.325 e. The van der Waals surface area contributed by atoms with Crippen LogP contribution in [0.2, 0.25) is 0 Å². The topological polar surface area (TPSA) is 56.7 Å². The molecule has 0 aliphatic heterocycles. The summed E-state index contributed by atoms with van der Waals surface area (Å²) in [6.45, 7) is 2.93. The lowest BCUT2D eigenvalue weighted by Gasteiger charge is -2.05. The van der Waals surface area contributed by atoms with E-state index in [4.69, 9.17) is 5.73 Å². The predicted octanol–water partition coefficient (Wildman–Crippen LogP) is 1.56. The maximum absolute atomic E-state index is 13.1. The molecule has 0 unspecified atom stereocenters. The SMILES string of the molecule is CCn1nnc(CN)c1-c1cccc(F)c1. The minimum absolute atomic E-state index is 0.274. The first-order valence-corrected chi connectivity index (χ1v) is 5.14. The van der Waals surface area contributed by atoms with E-state index in [9.17, 15) is 4.39 Å². The van der Waals surface area contributed by atoms with Crippen LogP contribution in [0.3, 0.4) is 0 Å². The number of hydrogen-bond donors (Lipinski definition) is 1. The zero-order valence-electron chi connectivity index (χ0n) is 9.02. The van der Waals surface area contributed by atoms with Gasteiger partial charge in [0, 0.05) is 18.7 Å². The average Bonchev–Trinajstić information content (AvgIpc) is 2.71. The van der Waals surface area contributed by atoms with Crippen molar-refractivity contribution in [1.29, 1.82) is 0 Å². The summed E-state index contributed by atoms with van der Waals surface area (Å²) < 4.78 is 14.9. The molecule has 0 fully saturated rings. The molecule has 16 heavy (non-hydrogen) atoms. The zero-order valence-corrected chi connectivity index (χ0v) is 9.02. The van der Waals surface area contributed by atoms with Crippen molar-refractivity contribution in [2.45, 2.75) is 20.0 Å². The quantitative estimate of drug-likeness (QED) is 0.854. The van der Waals surface area contributed by atoms with Gasteiger partial charge >= 0.3 is 0 Å². The van der Waals surface area contributed by atoms with E-state index in [1.807, 2.05) is 13.0 Å². The highest BCUT2D eigenvalue weighted by Crippen LogP contribution is 2.22. The van der Waals surface area contributed by atoms with Crippen molar-refractivity contribution in [1.82, 2.24) is 15.0 Å². The molecular formula is C11H13FN4. The van der Waals surface area contributed by atoms with Crippen molar-refractivity contribution in [2.75, 3.05) is 0 Å². The van der Waals surface area contributed by atoms with Crippen LogP contribution in [-0.2, 0) is 13.1 Å². The molecular weight excluding hydrogens is 207 g/mol. The number of halogens is 1. The van der Waals surface area contributed by atoms with Crippen molar-refractivity contribution in [3.63, 3.8) is 0 Å². The summed E-state index contributed by atoms with van der Waals surface area (Å²) >= 11 is 0. The first-order valence-electron chi connectivity index (χ1n) is 5.14. The van der Waals surface area contributed by atoms with Gasteiger partial charge in [-0.1, -0.05) is 17.3 Å². The minimum atomic E-state index is -0.274. The summed E-state index contributed by atoms with van der Waals surface area (Å²) in [5, 5.41) is 7.95. The fraction of sp³-hybridized carbons (Fsp3) is 0.273. The number of hydrogen-bond acceptors (Lipinski definition) is 3. The van der Waals surface area contributed by atoms with E-state index in [0.29, 0.717) is 18.8 Å². The Morgan fingerprint density at radius 1 is 1.44 bits per heavy atom. The molecule has 1 aromatic carbocycles. The van der Waals surface area contributed by atoms with Crippen LogP contribution >= 0.6 is 0 Å². The van der Waals surface area contributed by atoms with Crippen molar-refractivity contribution in [2.24, 2.45) is 5.73 Å². The van der Waals surface area contributed by atoms with Crippen molar-refractivity contribution in [3.8, 4) is 11.3 Å². The Kier molecular flexibility index (Phi) is 2.96. The van der Waals surface area contributed by atoms with Gasteiger partial charge in [-0.15, -0.1) is 5.10 Å². The second-order valence-corrected chi connectivity index (χ2v) is 3.41. The molecule has 2 N–H and O–H groups in total. The Morgan fingerprint density at radius 3 is 2.88 bits per heavy atom. The first-order chi connectivity index (χ1) is 7.76. The van der Waals surface area contributed by atoms with Crippen LogP contribution in [-0.4, -0.2) is 15.0 Å². The van der Waals surface area contributed by atoms with Gasteiger partial charge in [0.15, 0.2) is 0 Å². The van der Waals surface area contributed by atoms with E-state index in [1.165, 1.54) is 12.1 Å². The highest BCUT2D eigenvalue weighted by atomic mass is 19.1. The van der Waals surface area contributed by atoms with Crippen molar-refractivity contribution in [3.05, 3.63) is 35.8 Å². The second-order valence-electron chi connectivity index (χ2n) is 3.41. The molecule has 0 radical (unpaired) electrons. The number of nitrogens with zero attached hydrogens (tertiary/aromatic N) is 3. The van der Waals surface area contributed by atoms with Gasteiger partial charge in [-0.05, 0) is 19.1 Å². The molecule has 4 nitrogen and oxygen atoms in total. The molecule has 1 heterocycles. The molecule has 5 heteroatoms. The van der Waals surface area contributed by atoms with Crippen LogP contribution in [0.15, 0.2) is 24.3 Å². The summed E-state index contributed by atoms with van der Waals surface area (Å²) in [5.41, 5.74) is 7.82. The van der Waals surface area contributed by atoms with Gasteiger partial charge in [0.05, 0.1) is 5.69 Å². The van der Waals surface area contributed by atoms with Gasteiger partial charge in [0.25, 0.3) is 0 Å². The smallest absolute Gasteiger partial charge is 0.123 e. The molecule has 0 aliphatic carbocycles. The highest BCUT2D eigenvalue weighted by molar-refractivity contribution is 5.61. The number of aryl methyl sites for hydroxylation is 1. The summed E-state index contributed by atoms with van der Waals surface area (Å²) in [6.07, 6.45) is 0. The summed E-state index contributed by atoms with van der Waals surface area (Å²) in [5.74, 6) is -0.274. The Morgan fingerprint density at radius 2 is 2.25 bits per heavy atom. The molecule has 2 aromatic rings. The predicted molar refractivity (Wildman–Crippen MR) is 59.0 cm³/mol. The van der Waals surface area contributed by atoms with E-state index in [1.54, 1.807) is 10.7 Å². The molecule has 0 saturated heterocycles. The van der Waals surface area contributed by atoms with Crippen LogP contribution in [0.4, 0.5) is 4.39 Å². The van der Waals surface area contributed by atoms with Gasteiger partial charge in [0.1, 0.15) is 11.5 Å². The summed E-state index contributed by atoms with van der Waals surface area (Å²) in [7, 11) is 0. The lowest BCUT2D eigenvalue weighted by atomic mass is 10.1. The van der Waals surface area contributed by atoms with Crippen molar-refractivity contribution < 1.29 is 4.39 Å². The molecule has 84 valence electrons. The lowest BCUT2D eigenvalue weighted by molar-refractivity contribution is 0.623. The largest absolute Gasteiger partial charge is 0.325 e. The summed E-state index contributed by atoms with van der Waals surface area (Å²) in [4.78, 5) is 0. The summed E-state index contributed by atoms with van der Waals surface area (Å²) in [6, 6.07) is 6.36. The number of rotatable bonds is 3. The molecule has 1 aromatic heterocycles. The van der Waals surface area contributed by atoms with E-state index in [2.05, 4.69) is 10.3 Å². The van der Waals surface area contributed by atoms with Crippen LogP contribution in [0, 0.1) is 5.82 Å². The maximum atomic E-state index is 13.1. The zero-order chi connectivity index (χ0) is 11.5. The first kappa shape index (κ1) is 10.8. The monoisotopic (exact) mass is 220 g/mol. The fourth-order valence-electron chi connectivity index (χ4n) is 1.66. The molecule has 0 amide bonds. The number of aromatic nitrogens is 3. The molecule has 0 bridgehead atoms. The third-order valence-electron chi connectivity index (χ3n) is 2.40. The normalized spacial score (nSPS) is 10.7. The Balaban J connectivity index is 2.57.